The van der Waals surface area contributed by atoms with Gasteiger partial charge in [0.2, 0.25) is 5.91 Å². The lowest BCUT2D eigenvalue weighted by Crippen LogP contribution is -2.55. The predicted octanol–water partition coefficient (Wildman–Crippen LogP) is 1.06. The summed E-state index contributed by atoms with van der Waals surface area (Å²) in [5.41, 5.74) is 5.98. The third-order valence-electron chi connectivity index (χ3n) is 4.55. The van der Waals surface area contributed by atoms with Crippen LogP contribution in [0, 0.1) is 5.92 Å². The molecule has 0 aromatic heterocycles. The molecule has 0 bridgehead atoms. The second-order valence-electron chi connectivity index (χ2n) is 5.89. The van der Waals surface area contributed by atoms with E-state index in [9.17, 15) is 4.79 Å². The van der Waals surface area contributed by atoms with Crippen molar-refractivity contribution in [1.82, 2.24) is 9.80 Å². The summed E-state index contributed by atoms with van der Waals surface area (Å²) in [6.45, 7) is 8.28. The van der Waals surface area contributed by atoms with E-state index < -0.39 is 0 Å². The Bertz CT molecular complexity index is 295. The fourth-order valence-corrected chi connectivity index (χ4v) is 3.38. The van der Waals surface area contributed by atoms with E-state index in [0.29, 0.717) is 11.9 Å². The van der Waals surface area contributed by atoms with Gasteiger partial charge in [0.15, 0.2) is 0 Å². The van der Waals surface area contributed by atoms with E-state index in [1.807, 2.05) is 0 Å². The fraction of sp³-hybridized carbons (Fsp3) is 0.929. The summed E-state index contributed by atoms with van der Waals surface area (Å²) in [5.74, 6) is 0.543. The summed E-state index contributed by atoms with van der Waals surface area (Å²) in [4.78, 5) is 17.0. The maximum absolute atomic E-state index is 12.5. The molecule has 0 aromatic rings. The predicted molar refractivity (Wildman–Crippen MR) is 73.2 cm³/mol. The van der Waals surface area contributed by atoms with Gasteiger partial charge in [-0.25, -0.2) is 0 Å². The van der Waals surface area contributed by atoms with Gasteiger partial charge in [0.05, 0.1) is 0 Å². The molecule has 1 heterocycles. The van der Waals surface area contributed by atoms with Gasteiger partial charge >= 0.3 is 0 Å². The second-order valence-corrected chi connectivity index (χ2v) is 5.89. The highest BCUT2D eigenvalue weighted by atomic mass is 16.2. The van der Waals surface area contributed by atoms with Gasteiger partial charge in [0.25, 0.3) is 0 Å². The molecule has 1 aliphatic heterocycles. The van der Waals surface area contributed by atoms with E-state index in [0.717, 1.165) is 51.9 Å². The number of likely N-dealkylation sites (N-methyl/N-ethyl adjacent to an activating group) is 1. The number of carbonyl (C=O) groups excluding carboxylic acids is 1. The number of rotatable bonds is 2. The van der Waals surface area contributed by atoms with Crippen molar-refractivity contribution in [3.63, 3.8) is 0 Å². The zero-order chi connectivity index (χ0) is 13.1. The number of hydrogen-bond donors (Lipinski definition) is 1. The van der Waals surface area contributed by atoms with Crippen LogP contribution in [0.4, 0.5) is 0 Å². The number of hydrogen-bond acceptors (Lipinski definition) is 3. The average Bonchev–Trinajstić information content (AvgIpc) is 2.37. The largest absolute Gasteiger partial charge is 0.340 e. The Morgan fingerprint density at radius 1 is 1.33 bits per heavy atom. The Kier molecular flexibility index (Phi) is 4.62. The normalized spacial score (nSPS) is 34.6. The van der Waals surface area contributed by atoms with Crippen molar-refractivity contribution in [2.75, 3.05) is 26.2 Å². The molecule has 2 aliphatic rings. The Balaban J connectivity index is 1.89. The topological polar surface area (TPSA) is 49.6 Å². The highest BCUT2D eigenvalue weighted by Crippen LogP contribution is 2.25. The standard InChI is InChI=1S/C14H27N3O/c1-3-16-7-8-17(10-11(16)2)14(18)12-5-4-6-13(15)9-12/h11-13H,3-10,15H2,1-2H3. The summed E-state index contributed by atoms with van der Waals surface area (Å²) in [5, 5.41) is 0. The monoisotopic (exact) mass is 253 g/mol. The Morgan fingerprint density at radius 3 is 2.72 bits per heavy atom. The molecule has 4 heteroatoms. The minimum atomic E-state index is 0.189. The number of carbonyl (C=O) groups is 1. The van der Waals surface area contributed by atoms with Crippen LogP contribution in [0.1, 0.15) is 39.5 Å². The van der Waals surface area contributed by atoms with Crippen LogP contribution < -0.4 is 5.73 Å². The van der Waals surface area contributed by atoms with Gasteiger partial charge in [-0.2, -0.15) is 0 Å². The summed E-state index contributed by atoms with van der Waals surface area (Å²) < 4.78 is 0. The molecule has 2 fully saturated rings. The summed E-state index contributed by atoms with van der Waals surface area (Å²) in [6, 6.07) is 0.729. The van der Waals surface area contributed by atoms with E-state index >= 15 is 0 Å². The number of amides is 1. The smallest absolute Gasteiger partial charge is 0.225 e. The van der Waals surface area contributed by atoms with E-state index in [2.05, 4.69) is 23.6 Å². The van der Waals surface area contributed by atoms with E-state index in [1.54, 1.807) is 0 Å². The first kappa shape index (κ1) is 13.8. The number of piperazine rings is 1. The first-order chi connectivity index (χ1) is 8.61. The second kappa shape index (κ2) is 6.02. The third kappa shape index (κ3) is 3.04. The molecule has 3 unspecified atom stereocenters. The summed E-state index contributed by atoms with van der Waals surface area (Å²) >= 11 is 0. The van der Waals surface area contributed by atoms with Crippen LogP contribution in [0.15, 0.2) is 0 Å². The van der Waals surface area contributed by atoms with E-state index in [4.69, 9.17) is 5.73 Å². The Hall–Kier alpha value is -0.610. The van der Waals surface area contributed by atoms with Crippen LogP contribution >= 0.6 is 0 Å². The van der Waals surface area contributed by atoms with E-state index in [1.165, 1.54) is 0 Å². The summed E-state index contributed by atoms with van der Waals surface area (Å²) in [6.07, 6.45) is 4.13. The van der Waals surface area contributed by atoms with Crippen molar-refractivity contribution in [3.05, 3.63) is 0 Å². The SMILES string of the molecule is CCN1CCN(C(=O)C2CCCC(N)C2)CC1C. The lowest BCUT2D eigenvalue weighted by Gasteiger charge is -2.41. The molecule has 0 radical (unpaired) electrons. The Labute approximate surface area is 110 Å². The van der Waals surface area contributed by atoms with Gasteiger partial charge in [0.1, 0.15) is 0 Å². The minimum Gasteiger partial charge on any atom is -0.340 e. The lowest BCUT2D eigenvalue weighted by molar-refractivity contribution is -0.139. The van der Waals surface area contributed by atoms with Crippen LogP contribution in [-0.4, -0.2) is 54.0 Å². The van der Waals surface area contributed by atoms with Crippen LogP contribution in [-0.2, 0) is 4.79 Å². The third-order valence-corrected chi connectivity index (χ3v) is 4.55. The van der Waals surface area contributed by atoms with Crippen molar-refractivity contribution < 1.29 is 4.79 Å². The maximum atomic E-state index is 12.5. The average molecular weight is 253 g/mol. The first-order valence-electron chi connectivity index (χ1n) is 7.40. The molecule has 1 aliphatic carbocycles. The van der Waals surface area contributed by atoms with Crippen LogP contribution in [0.5, 0.6) is 0 Å². The zero-order valence-corrected chi connectivity index (χ0v) is 11.8. The molecule has 1 saturated heterocycles. The highest BCUT2D eigenvalue weighted by molar-refractivity contribution is 5.79. The molecule has 4 nitrogen and oxygen atoms in total. The summed E-state index contributed by atoms with van der Waals surface area (Å²) in [7, 11) is 0. The van der Waals surface area contributed by atoms with Crippen LogP contribution in [0.2, 0.25) is 0 Å². The fourth-order valence-electron chi connectivity index (χ4n) is 3.38. The minimum absolute atomic E-state index is 0.189. The Morgan fingerprint density at radius 2 is 2.11 bits per heavy atom. The molecular weight excluding hydrogens is 226 g/mol. The van der Waals surface area contributed by atoms with Gasteiger partial charge in [-0.3, -0.25) is 9.69 Å². The van der Waals surface area contributed by atoms with E-state index in [-0.39, 0.29) is 12.0 Å². The van der Waals surface area contributed by atoms with Crippen LogP contribution in [0.25, 0.3) is 0 Å². The van der Waals surface area contributed by atoms with Crippen molar-refractivity contribution in [2.45, 2.75) is 51.6 Å². The molecule has 2 N–H and O–H groups in total. The number of nitrogens with two attached hydrogens (primary N) is 1. The maximum Gasteiger partial charge on any atom is 0.225 e. The van der Waals surface area contributed by atoms with Crippen molar-refractivity contribution in [3.8, 4) is 0 Å². The molecule has 0 aromatic carbocycles. The zero-order valence-electron chi connectivity index (χ0n) is 11.8. The molecule has 2 rings (SSSR count). The molecular formula is C14H27N3O. The lowest BCUT2D eigenvalue weighted by atomic mass is 9.85. The molecule has 1 amide bonds. The van der Waals surface area contributed by atoms with Gasteiger partial charge < -0.3 is 10.6 Å². The molecule has 3 atom stereocenters. The van der Waals surface area contributed by atoms with Crippen molar-refractivity contribution in [1.29, 1.82) is 0 Å². The van der Waals surface area contributed by atoms with Crippen molar-refractivity contribution >= 4 is 5.91 Å². The van der Waals surface area contributed by atoms with Gasteiger partial charge in [-0.1, -0.05) is 13.3 Å². The van der Waals surface area contributed by atoms with Crippen molar-refractivity contribution in [2.24, 2.45) is 11.7 Å². The first-order valence-corrected chi connectivity index (χ1v) is 7.40. The molecule has 0 spiro atoms. The molecule has 1 saturated carbocycles. The van der Waals surface area contributed by atoms with Gasteiger partial charge in [0, 0.05) is 37.6 Å². The molecule has 18 heavy (non-hydrogen) atoms. The quantitative estimate of drug-likeness (QED) is 0.800. The number of nitrogens with zero attached hydrogens (tertiary/aromatic N) is 2. The molecule has 104 valence electrons. The van der Waals surface area contributed by atoms with Gasteiger partial charge in [-0.15, -0.1) is 0 Å². The van der Waals surface area contributed by atoms with Gasteiger partial charge in [-0.05, 0) is 32.7 Å². The van der Waals surface area contributed by atoms with Crippen LogP contribution in [0.3, 0.4) is 0 Å². The highest BCUT2D eigenvalue weighted by Gasteiger charge is 2.32.